The predicted octanol–water partition coefficient (Wildman–Crippen LogP) is 4.48. The SMILES string of the molecule is CNc1ncnc2c1c(-c1cccc(Br)c1)cn2C(C)C. The van der Waals surface area contributed by atoms with E-state index in [0.29, 0.717) is 6.04 Å². The molecule has 0 radical (unpaired) electrons. The number of benzene rings is 1. The predicted molar refractivity (Wildman–Crippen MR) is 90.6 cm³/mol. The molecule has 0 saturated carbocycles. The smallest absolute Gasteiger partial charge is 0.146 e. The van der Waals surface area contributed by atoms with Gasteiger partial charge in [0.25, 0.3) is 0 Å². The van der Waals surface area contributed by atoms with E-state index in [1.54, 1.807) is 6.33 Å². The van der Waals surface area contributed by atoms with Crippen LogP contribution in [-0.4, -0.2) is 21.6 Å². The third-order valence-corrected chi connectivity index (χ3v) is 4.03. The number of fused-ring (bicyclic) bond motifs is 1. The Kier molecular flexibility index (Phi) is 3.68. The normalized spacial score (nSPS) is 11.3. The van der Waals surface area contributed by atoms with Crippen LogP contribution in [0.25, 0.3) is 22.2 Å². The van der Waals surface area contributed by atoms with Gasteiger partial charge in [-0.1, -0.05) is 28.1 Å². The summed E-state index contributed by atoms with van der Waals surface area (Å²) in [7, 11) is 1.89. The van der Waals surface area contributed by atoms with Gasteiger partial charge >= 0.3 is 0 Å². The molecule has 5 heteroatoms. The average molecular weight is 345 g/mol. The summed E-state index contributed by atoms with van der Waals surface area (Å²) in [5, 5.41) is 4.23. The zero-order valence-corrected chi connectivity index (χ0v) is 13.8. The van der Waals surface area contributed by atoms with Crippen molar-refractivity contribution >= 4 is 32.8 Å². The molecule has 108 valence electrons. The van der Waals surface area contributed by atoms with E-state index >= 15 is 0 Å². The Morgan fingerprint density at radius 3 is 2.71 bits per heavy atom. The molecule has 1 aromatic carbocycles. The molecular weight excluding hydrogens is 328 g/mol. The van der Waals surface area contributed by atoms with E-state index in [1.807, 2.05) is 19.2 Å². The van der Waals surface area contributed by atoms with Gasteiger partial charge in [0.1, 0.15) is 17.8 Å². The first kappa shape index (κ1) is 14.1. The second-order valence-corrected chi connectivity index (χ2v) is 6.14. The first-order chi connectivity index (χ1) is 10.1. The van der Waals surface area contributed by atoms with Crippen LogP contribution >= 0.6 is 15.9 Å². The summed E-state index contributed by atoms with van der Waals surface area (Å²) < 4.78 is 3.25. The molecule has 0 amide bonds. The largest absolute Gasteiger partial charge is 0.372 e. The van der Waals surface area contributed by atoms with Crippen molar-refractivity contribution in [2.75, 3.05) is 12.4 Å². The lowest BCUT2D eigenvalue weighted by atomic mass is 10.1. The fourth-order valence-corrected chi connectivity index (χ4v) is 2.94. The Morgan fingerprint density at radius 2 is 2.05 bits per heavy atom. The second-order valence-electron chi connectivity index (χ2n) is 5.23. The number of rotatable bonds is 3. The quantitative estimate of drug-likeness (QED) is 0.761. The van der Waals surface area contributed by atoms with Crippen molar-refractivity contribution in [1.82, 2.24) is 14.5 Å². The molecular formula is C16H17BrN4. The number of hydrogen-bond acceptors (Lipinski definition) is 3. The zero-order valence-electron chi connectivity index (χ0n) is 12.3. The Hall–Kier alpha value is -1.88. The molecule has 0 atom stereocenters. The van der Waals surface area contributed by atoms with E-state index in [2.05, 4.69) is 68.0 Å². The number of anilines is 1. The number of halogens is 1. The fraction of sp³-hybridized carbons (Fsp3) is 0.250. The van der Waals surface area contributed by atoms with E-state index < -0.39 is 0 Å². The standard InChI is InChI=1S/C16H17BrN4/c1-10(2)21-8-13(11-5-4-6-12(17)7-11)14-15(18-3)19-9-20-16(14)21/h4-10H,1-3H3,(H,18,19,20). The molecule has 2 aromatic heterocycles. The van der Waals surface area contributed by atoms with E-state index in [1.165, 1.54) is 0 Å². The summed E-state index contributed by atoms with van der Waals surface area (Å²) in [6.07, 6.45) is 3.77. The van der Waals surface area contributed by atoms with E-state index in [4.69, 9.17) is 0 Å². The lowest BCUT2D eigenvalue weighted by molar-refractivity contribution is 0.618. The third-order valence-electron chi connectivity index (χ3n) is 3.54. The highest BCUT2D eigenvalue weighted by Gasteiger charge is 2.17. The maximum absolute atomic E-state index is 4.48. The van der Waals surface area contributed by atoms with Crippen LogP contribution in [0.2, 0.25) is 0 Å². The summed E-state index contributed by atoms with van der Waals surface area (Å²) in [6.45, 7) is 4.32. The van der Waals surface area contributed by atoms with Crippen molar-refractivity contribution < 1.29 is 0 Å². The third kappa shape index (κ3) is 2.42. The van der Waals surface area contributed by atoms with Crippen LogP contribution in [0.4, 0.5) is 5.82 Å². The molecule has 0 saturated heterocycles. The Bertz CT molecular complexity index is 792. The number of aromatic nitrogens is 3. The minimum Gasteiger partial charge on any atom is -0.372 e. The molecule has 3 rings (SSSR count). The van der Waals surface area contributed by atoms with Gasteiger partial charge in [-0.2, -0.15) is 0 Å². The average Bonchev–Trinajstić information content (AvgIpc) is 2.87. The van der Waals surface area contributed by atoms with Crippen LogP contribution in [-0.2, 0) is 0 Å². The lowest BCUT2D eigenvalue weighted by Crippen LogP contribution is -2.01. The van der Waals surface area contributed by atoms with Gasteiger partial charge in [-0.3, -0.25) is 0 Å². The van der Waals surface area contributed by atoms with E-state index in [0.717, 1.165) is 32.5 Å². The zero-order chi connectivity index (χ0) is 15.0. The van der Waals surface area contributed by atoms with Crippen LogP contribution in [0.15, 0.2) is 41.3 Å². The molecule has 0 aliphatic rings. The Balaban J connectivity index is 2.36. The molecule has 2 heterocycles. The first-order valence-electron chi connectivity index (χ1n) is 6.91. The van der Waals surface area contributed by atoms with E-state index in [-0.39, 0.29) is 0 Å². The van der Waals surface area contributed by atoms with Crippen molar-refractivity contribution in [1.29, 1.82) is 0 Å². The summed E-state index contributed by atoms with van der Waals surface area (Å²) in [5.74, 6) is 0.856. The maximum atomic E-state index is 4.48. The summed E-state index contributed by atoms with van der Waals surface area (Å²) >= 11 is 3.54. The van der Waals surface area contributed by atoms with Crippen molar-refractivity contribution in [3.63, 3.8) is 0 Å². The van der Waals surface area contributed by atoms with Gasteiger partial charge in [0.15, 0.2) is 0 Å². The van der Waals surface area contributed by atoms with Crippen molar-refractivity contribution in [3.8, 4) is 11.1 Å². The lowest BCUT2D eigenvalue weighted by Gasteiger charge is -2.08. The molecule has 3 aromatic rings. The van der Waals surface area contributed by atoms with Gasteiger partial charge in [-0.05, 0) is 31.5 Å². The van der Waals surface area contributed by atoms with Crippen LogP contribution in [0, 0.1) is 0 Å². The van der Waals surface area contributed by atoms with Gasteiger partial charge in [0, 0.05) is 29.3 Å². The second kappa shape index (κ2) is 5.48. The van der Waals surface area contributed by atoms with Crippen molar-refractivity contribution in [2.24, 2.45) is 0 Å². The maximum Gasteiger partial charge on any atom is 0.146 e. The van der Waals surface area contributed by atoms with Crippen LogP contribution in [0.1, 0.15) is 19.9 Å². The van der Waals surface area contributed by atoms with Gasteiger partial charge in [-0.25, -0.2) is 9.97 Å². The van der Waals surface area contributed by atoms with Gasteiger partial charge in [0.2, 0.25) is 0 Å². The molecule has 0 aliphatic heterocycles. The van der Waals surface area contributed by atoms with Gasteiger partial charge < -0.3 is 9.88 Å². The fourth-order valence-electron chi connectivity index (χ4n) is 2.54. The van der Waals surface area contributed by atoms with Crippen LogP contribution in [0.3, 0.4) is 0 Å². The minimum atomic E-state index is 0.341. The molecule has 21 heavy (non-hydrogen) atoms. The molecule has 1 N–H and O–H groups in total. The molecule has 0 aliphatic carbocycles. The van der Waals surface area contributed by atoms with Crippen LogP contribution in [0.5, 0.6) is 0 Å². The van der Waals surface area contributed by atoms with E-state index in [9.17, 15) is 0 Å². The molecule has 0 fully saturated rings. The highest BCUT2D eigenvalue weighted by atomic mass is 79.9. The summed E-state index contributed by atoms with van der Waals surface area (Å²) in [6, 6.07) is 8.64. The summed E-state index contributed by atoms with van der Waals surface area (Å²) in [5.41, 5.74) is 3.25. The number of hydrogen-bond donors (Lipinski definition) is 1. The first-order valence-corrected chi connectivity index (χ1v) is 7.70. The molecule has 0 spiro atoms. The Labute approximate surface area is 132 Å². The Morgan fingerprint density at radius 1 is 1.24 bits per heavy atom. The van der Waals surface area contributed by atoms with Gasteiger partial charge in [0.05, 0.1) is 5.39 Å². The van der Waals surface area contributed by atoms with Gasteiger partial charge in [-0.15, -0.1) is 0 Å². The highest BCUT2D eigenvalue weighted by molar-refractivity contribution is 9.10. The van der Waals surface area contributed by atoms with Crippen molar-refractivity contribution in [3.05, 3.63) is 41.3 Å². The molecule has 0 bridgehead atoms. The monoisotopic (exact) mass is 344 g/mol. The highest BCUT2D eigenvalue weighted by Crippen LogP contribution is 2.35. The number of nitrogens with one attached hydrogen (secondary N) is 1. The van der Waals surface area contributed by atoms with Crippen LogP contribution < -0.4 is 5.32 Å². The minimum absolute atomic E-state index is 0.341. The molecule has 0 unspecified atom stereocenters. The number of nitrogens with zero attached hydrogens (tertiary/aromatic N) is 3. The van der Waals surface area contributed by atoms with Crippen molar-refractivity contribution in [2.45, 2.75) is 19.9 Å². The topological polar surface area (TPSA) is 42.7 Å². The summed E-state index contributed by atoms with van der Waals surface area (Å²) in [4.78, 5) is 8.84. The molecule has 4 nitrogen and oxygen atoms in total.